The van der Waals surface area contributed by atoms with Crippen molar-refractivity contribution in [2.45, 2.75) is 25.2 Å². The Bertz CT molecular complexity index is 461. The predicted molar refractivity (Wildman–Crippen MR) is 58.1 cm³/mol. The lowest BCUT2D eigenvalue weighted by atomic mass is 10.0. The molecule has 1 aliphatic rings. The summed E-state index contributed by atoms with van der Waals surface area (Å²) in [4.78, 5) is 12.3. The maximum Gasteiger partial charge on any atom is 0.384 e. The van der Waals surface area contributed by atoms with Gasteiger partial charge in [-0.3, -0.25) is 4.79 Å². The van der Waals surface area contributed by atoms with Crippen LogP contribution >= 0.6 is 0 Å². The second-order valence-electron chi connectivity index (χ2n) is 4.11. The molecule has 0 atom stereocenters. The molecule has 1 aromatic rings. The van der Waals surface area contributed by atoms with E-state index < -0.39 is 18.3 Å². The molecular weight excluding hydrogens is 250 g/mol. The van der Waals surface area contributed by atoms with E-state index in [9.17, 15) is 22.4 Å². The molecule has 1 aromatic carbocycles. The molecule has 2 rings (SSSR count). The van der Waals surface area contributed by atoms with E-state index in [1.807, 2.05) is 0 Å². The minimum atomic E-state index is -4.63. The van der Waals surface area contributed by atoms with Crippen molar-refractivity contribution < 1.29 is 22.4 Å². The first-order chi connectivity index (χ1) is 8.44. The first-order valence-corrected chi connectivity index (χ1v) is 5.50. The number of anilines is 1. The summed E-state index contributed by atoms with van der Waals surface area (Å²) >= 11 is 0. The van der Waals surface area contributed by atoms with Crippen molar-refractivity contribution >= 4 is 11.6 Å². The molecule has 0 spiro atoms. The molecule has 0 aliphatic carbocycles. The molecule has 98 valence electrons. The van der Waals surface area contributed by atoms with Crippen LogP contribution in [-0.4, -0.2) is 24.8 Å². The van der Waals surface area contributed by atoms with Crippen LogP contribution in [0.4, 0.5) is 23.2 Å². The third-order valence-electron chi connectivity index (χ3n) is 2.91. The molecule has 1 aliphatic heterocycles. The second-order valence-corrected chi connectivity index (χ2v) is 4.11. The number of halogens is 4. The Morgan fingerprint density at radius 3 is 2.61 bits per heavy atom. The fourth-order valence-electron chi connectivity index (χ4n) is 2.02. The molecule has 1 heterocycles. The molecule has 0 saturated heterocycles. The zero-order valence-corrected chi connectivity index (χ0v) is 9.38. The molecule has 0 N–H and O–H groups in total. The Hall–Kier alpha value is -1.59. The van der Waals surface area contributed by atoms with E-state index in [2.05, 4.69) is 0 Å². The highest BCUT2D eigenvalue weighted by atomic mass is 19.3. The average Bonchev–Trinajstić information content (AvgIpc) is 2.37. The van der Waals surface area contributed by atoms with E-state index >= 15 is 0 Å². The highest BCUT2D eigenvalue weighted by molar-refractivity contribution is 5.99. The van der Waals surface area contributed by atoms with Gasteiger partial charge in [-0.1, -0.05) is 18.2 Å². The van der Waals surface area contributed by atoms with Crippen molar-refractivity contribution in [3.05, 3.63) is 29.8 Å². The minimum absolute atomic E-state index is 0.0398. The van der Waals surface area contributed by atoms with E-state index in [0.717, 1.165) is 10.5 Å². The summed E-state index contributed by atoms with van der Waals surface area (Å²) in [7, 11) is 0. The first-order valence-electron chi connectivity index (χ1n) is 5.50. The number of fused-ring (bicyclic) bond motifs is 1. The average molecular weight is 261 g/mol. The van der Waals surface area contributed by atoms with Crippen LogP contribution in [0.15, 0.2) is 24.3 Å². The lowest BCUT2D eigenvalue weighted by Crippen LogP contribution is -2.49. The summed E-state index contributed by atoms with van der Waals surface area (Å²) in [6.45, 7) is 0.0398. The molecule has 0 fully saturated rings. The number of benzene rings is 1. The number of para-hydroxylation sites is 1. The fraction of sp³-hybridized carbons (Fsp3) is 0.417. The van der Waals surface area contributed by atoms with E-state index in [0.29, 0.717) is 18.5 Å². The zero-order valence-electron chi connectivity index (χ0n) is 9.38. The maximum absolute atomic E-state index is 13.1. The van der Waals surface area contributed by atoms with Crippen LogP contribution in [0.1, 0.15) is 12.0 Å². The summed E-state index contributed by atoms with van der Waals surface area (Å²) in [5, 5.41) is 0. The van der Waals surface area contributed by atoms with Crippen LogP contribution < -0.4 is 4.90 Å². The second kappa shape index (κ2) is 4.59. The third kappa shape index (κ3) is 2.07. The van der Waals surface area contributed by atoms with Crippen LogP contribution in [0, 0.1) is 0 Å². The van der Waals surface area contributed by atoms with Gasteiger partial charge in [-0.15, -0.1) is 0 Å². The fourth-order valence-corrected chi connectivity index (χ4v) is 2.02. The van der Waals surface area contributed by atoms with Gasteiger partial charge in [0.05, 0.1) is 0 Å². The molecule has 0 bridgehead atoms. The summed E-state index contributed by atoms with van der Waals surface area (Å²) in [6.07, 6.45) is -2.85. The Morgan fingerprint density at radius 2 is 1.94 bits per heavy atom. The Labute approximate surface area is 101 Å². The summed E-state index contributed by atoms with van der Waals surface area (Å²) in [5.41, 5.74) is 1.02. The number of carbonyl (C=O) groups is 1. The number of rotatable bonds is 2. The Morgan fingerprint density at radius 1 is 1.28 bits per heavy atom. The van der Waals surface area contributed by atoms with Gasteiger partial charge >= 0.3 is 18.3 Å². The van der Waals surface area contributed by atoms with E-state index in [1.165, 1.54) is 6.07 Å². The van der Waals surface area contributed by atoms with Gasteiger partial charge in [0.2, 0.25) is 0 Å². The van der Waals surface area contributed by atoms with E-state index in [1.54, 1.807) is 18.2 Å². The van der Waals surface area contributed by atoms with E-state index in [4.69, 9.17) is 0 Å². The molecule has 1 amide bonds. The lowest BCUT2D eigenvalue weighted by molar-refractivity contribution is -0.166. The molecule has 6 heteroatoms. The number of alkyl halides is 4. The van der Waals surface area contributed by atoms with Gasteiger partial charge in [0.1, 0.15) is 0 Å². The number of aryl methyl sites for hydroxylation is 1. The third-order valence-corrected chi connectivity index (χ3v) is 2.91. The summed E-state index contributed by atoms with van der Waals surface area (Å²) in [6, 6.07) is 6.51. The smallest absolute Gasteiger partial charge is 0.307 e. The lowest BCUT2D eigenvalue weighted by Gasteiger charge is -2.31. The molecule has 2 nitrogen and oxygen atoms in total. The topological polar surface area (TPSA) is 20.3 Å². The van der Waals surface area contributed by atoms with Gasteiger partial charge in [0, 0.05) is 12.2 Å². The van der Waals surface area contributed by atoms with Crippen molar-refractivity contribution in [2.24, 2.45) is 0 Å². The predicted octanol–water partition coefficient (Wildman–Crippen LogP) is 2.87. The van der Waals surface area contributed by atoms with Gasteiger partial charge in [-0.25, -0.2) is 8.78 Å². The van der Waals surface area contributed by atoms with Crippen LogP contribution in [0.5, 0.6) is 0 Å². The molecule has 0 unspecified atom stereocenters. The van der Waals surface area contributed by atoms with Crippen molar-refractivity contribution in [1.82, 2.24) is 0 Å². The maximum atomic E-state index is 13.1. The van der Waals surface area contributed by atoms with Crippen LogP contribution in [0.25, 0.3) is 0 Å². The Balaban J connectivity index is 2.34. The molecule has 0 radical (unpaired) electrons. The number of amides is 1. The first kappa shape index (κ1) is 12.9. The van der Waals surface area contributed by atoms with Crippen LogP contribution in [0.3, 0.4) is 0 Å². The quantitative estimate of drug-likeness (QED) is 0.750. The molecule has 18 heavy (non-hydrogen) atoms. The van der Waals surface area contributed by atoms with Gasteiger partial charge in [0.15, 0.2) is 0 Å². The summed E-state index contributed by atoms with van der Waals surface area (Å²) in [5.74, 6) is -6.46. The van der Waals surface area contributed by atoms with Gasteiger partial charge < -0.3 is 4.90 Å². The SMILES string of the molecule is O=C(N1CCCc2ccccc21)C(F)(F)C(F)F. The number of nitrogens with zero attached hydrogens (tertiary/aromatic N) is 1. The van der Waals surface area contributed by atoms with Crippen molar-refractivity contribution in [3.8, 4) is 0 Å². The monoisotopic (exact) mass is 261 g/mol. The Kier molecular flexibility index (Phi) is 3.28. The van der Waals surface area contributed by atoms with E-state index in [-0.39, 0.29) is 6.54 Å². The highest BCUT2D eigenvalue weighted by Gasteiger charge is 2.51. The van der Waals surface area contributed by atoms with Gasteiger partial charge in [0.25, 0.3) is 0 Å². The highest BCUT2D eigenvalue weighted by Crippen LogP contribution is 2.32. The van der Waals surface area contributed by atoms with Gasteiger partial charge in [-0.05, 0) is 24.5 Å². The standard InChI is InChI=1S/C12H11F4NO/c13-10(14)12(15,16)11(18)17-7-3-5-8-4-1-2-6-9(8)17/h1-2,4,6,10H,3,5,7H2. The number of carbonyl (C=O) groups excluding carboxylic acids is 1. The molecular formula is C12H11F4NO. The van der Waals surface area contributed by atoms with Crippen molar-refractivity contribution in [2.75, 3.05) is 11.4 Å². The molecule has 0 saturated carbocycles. The van der Waals surface area contributed by atoms with Crippen LogP contribution in [-0.2, 0) is 11.2 Å². The van der Waals surface area contributed by atoms with Crippen LogP contribution in [0.2, 0.25) is 0 Å². The largest absolute Gasteiger partial charge is 0.384 e. The number of hydrogen-bond acceptors (Lipinski definition) is 1. The van der Waals surface area contributed by atoms with Gasteiger partial charge in [-0.2, -0.15) is 8.78 Å². The number of hydrogen-bond donors (Lipinski definition) is 0. The normalized spacial score (nSPS) is 15.7. The van der Waals surface area contributed by atoms with Crippen molar-refractivity contribution in [1.29, 1.82) is 0 Å². The minimum Gasteiger partial charge on any atom is -0.307 e. The van der Waals surface area contributed by atoms with Crippen molar-refractivity contribution in [3.63, 3.8) is 0 Å². The zero-order chi connectivity index (χ0) is 13.3. The summed E-state index contributed by atoms with van der Waals surface area (Å²) < 4.78 is 50.5. The molecule has 0 aromatic heterocycles.